The molecule has 142 valence electrons. The molecule has 0 bridgehead atoms. The van der Waals surface area contributed by atoms with E-state index in [-0.39, 0.29) is 5.54 Å². The van der Waals surface area contributed by atoms with Crippen molar-refractivity contribution < 1.29 is 4.74 Å². The molecule has 0 aliphatic carbocycles. The molecule has 0 unspecified atom stereocenters. The zero-order chi connectivity index (χ0) is 19.9. The van der Waals surface area contributed by atoms with Gasteiger partial charge in [0.1, 0.15) is 29.3 Å². The molecule has 4 aromatic rings. The highest BCUT2D eigenvalue weighted by molar-refractivity contribution is 6.02. The van der Waals surface area contributed by atoms with Crippen molar-refractivity contribution in [2.24, 2.45) is 0 Å². The average molecular weight is 372 g/mol. The first-order valence-electron chi connectivity index (χ1n) is 9.31. The lowest BCUT2D eigenvalue weighted by Gasteiger charge is -2.24. The van der Waals surface area contributed by atoms with Crippen LogP contribution in [0.2, 0.25) is 0 Å². The van der Waals surface area contributed by atoms with Crippen LogP contribution in [0.5, 0.6) is 11.5 Å². The van der Waals surface area contributed by atoms with Crippen LogP contribution in [0.15, 0.2) is 60.9 Å². The molecule has 0 fully saturated rings. The van der Waals surface area contributed by atoms with E-state index >= 15 is 0 Å². The number of nitrogens with zero attached hydrogens (tertiary/aromatic N) is 3. The predicted molar refractivity (Wildman–Crippen MR) is 114 cm³/mol. The van der Waals surface area contributed by atoms with E-state index in [0.29, 0.717) is 5.82 Å². The maximum absolute atomic E-state index is 6.26. The van der Waals surface area contributed by atoms with E-state index in [1.807, 2.05) is 42.5 Å². The second kappa shape index (κ2) is 6.68. The summed E-state index contributed by atoms with van der Waals surface area (Å²) >= 11 is 0. The van der Waals surface area contributed by atoms with Gasteiger partial charge in [0.2, 0.25) is 0 Å². The molecule has 0 atom stereocenters. The summed E-state index contributed by atoms with van der Waals surface area (Å²) in [5.41, 5.74) is 10.2. The molecule has 2 aromatic carbocycles. The number of nitrogen functional groups attached to an aromatic ring is 1. The summed E-state index contributed by atoms with van der Waals surface area (Å²) in [7, 11) is 0. The molecule has 0 saturated carbocycles. The van der Waals surface area contributed by atoms with Crippen LogP contribution in [0.4, 0.5) is 5.82 Å². The zero-order valence-electron chi connectivity index (χ0n) is 16.6. The second-order valence-corrected chi connectivity index (χ2v) is 7.86. The first kappa shape index (κ1) is 18.0. The summed E-state index contributed by atoms with van der Waals surface area (Å²) in [6.45, 7) is 8.60. The van der Waals surface area contributed by atoms with Crippen LogP contribution in [-0.4, -0.2) is 14.5 Å². The average Bonchev–Trinajstić information content (AvgIpc) is 2.97. The first-order valence-corrected chi connectivity index (χ1v) is 9.31. The minimum absolute atomic E-state index is 0.127. The van der Waals surface area contributed by atoms with Crippen LogP contribution in [0.25, 0.3) is 22.2 Å². The van der Waals surface area contributed by atoms with Gasteiger partial charge in [0.15, 0.2) is 0 Å². The van der Waals surface area contributed by atoms with Crippen molar-refractivity contribution in [2.75, 3.05) is 5.73 Å². The monoisotopic (exact) mass is 372 g/mol. The summed E-state index contributed by atoms with van der Waals surface area (Å²) in [5.74, 6) is 2.10. The molecule has 0 radical (unpaired) electrons. The predicted octanol–water partition coefficient (Wildman–Crippen LogP) is 5.54. The van der Waals surface area contributed by atoms with Gasteiger partial charge in [0.25, 0.3) is 0 Å². The number of anilines is 1. The van der Waals surface area contributed by atoms with Crippen LogP contribution in [0.1, 0.15) is 26.5 Å². The lowest BCUT2D eigenvalue weighted by atomic mass is 10.0. The third-order valence-corrected chi connectivity index (χ3v) is 4.81. The van der Waals surface area contributed by atoms with Gasteiger partial charge in [-0.05, 0) is 57.5 Å². The van der Waals surface area contributed by atoms with Crippen LogP contribution in [-0.2, 0) is 5.54 Å². The fourth-order valence-electron chi connectivity index (χ4n) is 3.74. The smallest absolute Gasteiger partial charge is 0.146 e. The van der Waals surface area contributed by atoms with Crippen LogP contribution in [0, 0.1) is 6.92 Å². The van der Waals surface area contributed by atoms with E-state index in [0.717, 1.165) is 39.4 Å². The van der Waals surface area contributed by atoms with Gasteiger partial charge in [-0.1, -0.05) is 30.3 Å². The van der Waals surface area contributed by atoms with E-state index in [1.54, 1.807) is 0 Å². The molecule has 28 heavy (non-hydrogen) atoms. The quantitative estimate of drug-likeness (QED) is 0.513. The number of nitrogens with two attached hydrogens (primary N) is 1. The Morgan fingerprint density at radius 1 is 0.893 bits per heavy atom. The van der Waals surface area contributed by atoms with Gasteiger partial charge >= 0.3 is 0 Å². The Kier molecular flexibility index (Phi) is 4.30. The first-order chi connectivity index (χ1) is 13.4. The lowest BCUT2D eigenvalue weighted by molar-refractivity contribution is 0.401. The maximum atomic E-state index is 6.26. The van der Waals surface area contributed by atoms with Crippen molar-refractivity contribution in [1.29, 1.82) is 0 Å². The molecule has 5 heteroatoms. The lowest BCUT2D eigenvalue weighted by Crippen LogP contribution is -2.23. The maximum Gasteiger partial charge on any atom is 0.146 e. The minimum atomic E-state index is -0.127. The molecule has 0 aliphatic rings. The fraction of sp³-hybridized carbons (Fsp3) is 0.217. The highest BCUT2D eigenvalue weighted by Gasteiger charge is 2.25. The van der Waals surface area contributed by atoms with E-state index < -0.39 is 0 Å². The fourth-order valence-corrected chi connectivity index (χ4v) is 3.74. The molecule has 4 rings (SSSR count). The van der Waals surface area contributed by atoms with Crippen LogP contribution in [0.3, 0.4) is 0 Å². The summed E-state index contributed by atoms with van der Waals surface area (Å²) in [6.07, 6.45) is 1.53. The summed E-state index contributed by atoms with van der Waals surface area (Å²) in [4.78, 5) is 8.77. The number of rotatable bonds is 3. The van der Waals surface area contributed by atoms with Crippen molar-refractivity contribution in [2.45, 2.75) is 33.2 Å². The molecular formula is C23H24N4O. The molecule has 0 aliphatic heterocycles. The van der Waals surface area contributed by atoms with Crippen LogP contribution >= 0.6 is 0 Å². The summed E-state index contributed by atoms with van der Waals surface area (Å²) in [6, 6.07) is 17.8. The molecule has 2 N–H and O–H groups in total. The van der Waals surface area contributed by atoms with Crippen molar-refractivity contribution in [1.82, 2.24) is 14.5 Å². The normalized spacial score (nSPS) is 11.7. The summed E-state index contributed by atoms with van der Waals surface area (Å²) < 4.78 is 8.14. The van der Waals surface area contributed by atoms with Crippen molar-refractivity contribution >= 4 is 16.9 Å². The van der Waals surface area contributed by atoms with E-state index in [1.165, 1.54) is 6.33 Å². The van der Waals surface area contributed by atoms with Crippen molar-refractivity contribution in [3.8, 4) is 22.6 Å². The van der Waals surface area contributed by atoms with Gasteiger partial charge < -0.3 is 15.0 Å². The third-order valence-electron chi connectivity index (χ3n) is 4.81. The van der Waals surface area contributed by atoms with Gasteiger partial charge in [-0.25, -0.2) is 9.97 Å². The number of para-hydroxylation sites is 1. The number of fused-ring (bicyclic) bond motifs is 1. The molecule has 2 heterocycles. The minimum Gasteiger partial charge on any atom is -0.457 e. The highest BCUT2D eigenvalue weighted by Crippen LogP contribution is 2.39. The van der Waals surface area contributed by atoms with E-state index in [4.69, 9.17) is 10.5 Å². The Labute approximate surface area is 164 Å². The Balaban J connectivity index is 1.82. The molecule has 2 aromatic heterocycles. The van der Waals surface area contributed by atoms with Gasteiger partial charge in [-0.2, -0.15) is 0 Å². The van der Waals surface area contributed by atoms with Gasteiger partial charge in [0.05, 0.1) is 5.39 Å². The number of hydrogen-bond donors (Lipinski definition) is 1. The van der Waals surface area contributed by atoms with Gasteiger partial charge in [-0.15, -0.1) is 0 Å². The topological polar surface area (TPSA) is 66.0 Å². The molecular weight excluding hydrogens is 348 g/mol. The third kappa shape index (κ3) is 3.09. The van der Waals surface area contributed by atoms with Crippen molar-refractivity contribution in [3.05, 3.63) is 66.6 Å². The standard InChI is InChI=1S/C23H24N4O/c1-15-19(20-21(24)25-14-26-22(20)27(15)23(2,3)4)16-10-12-18(13-11-16)28-17-8-6-5-7-9-17/h5-14H,1-4H3,(H2,24,25,26). The molecule has 5 nitrogen and oxygen atoms in total. The number of hydrogen-bond acceptors (Lipinski definition) is 4. The Hall–Kier alpha value is -3.34. The number of benzene rings is 2. The molecule has 0 spiro atoms. The Morgan fingerprint density at radius 3 is 2.18 bits per heavy atom. The summed E-state index contributed by atoms with van der Waals surface area (Å²) in [5, 5.41) is 0.895. The Bertz CT molecular complexity index is 1120. The highest BCUT2D eigenvalue weighted by atomic mass is 16.5. The SMILES string of the molecule is Cc1c(-c2ccc(Oc3ccccc3)cc2)c2c(N)ncnc2n1C(C)(C)C. The number of ether oxygens (including phenoxy) is 1. The van der Waals surface area contributed by atoms with E-state index in [2.05, 4.69) is 54.4 Å². The zero-order valence-corrected chi connectivity index (χ0v) is 16.6. The Morgan fingerprint density at radius 2 is 1.54 bits per heavy atom. The second-order valence-electron chi connectivity index (χ2n) is 7.86. The van der Waals surface area contributed by atoms with E-state index in [9.17, 15) is 0 Å². The molecule has 0 saturated heterocycles. The van der Waals surface area contributed by atoms with Crippen molar-refractivity contribution in [3.63, 3.8) is 0 Å². The molecule has 0 amide bonds. The largest absolute Gasteiger partial charge is 0.457 e. The van der Waals surface area contributed by atoms with Gasteiger partial charge in [-0.3, -0.25) is 0 Å². The number of aromatic nitrogens is 3. The van der Waals surface area contributed by atoms with Crippen LogP contribution < -0.4 is 10.5 Å². The van der Waals surface area contributed by atoms with Gasteiger partial charge in [0, 0.05) is 16.8 Å².